The Balaban J connectivity index is 2.44. The van der Waals surface area contributed by atoms with E-state index in [1.165, 1.54) is 69.8 Å². The number of unbranched alkanes of at least 4 members (excludes halogenated alkanes) is 1. The molecule has 1 aliphatic rings. The lowest BCUT2D eigenvalue weighted by Crippen LogP contribution is -2.42. The molecule has 0 bridgehead atoms. The van der Waals surface area contributed by atoms with Gasteiger partial charge in [-0.3, -0.25) is 0 Å². The van der Waals surface area contributed by atoms with Crippen LogP contribution in [0.2, 0.25) is 0 Å². The minimum absolute atomic E-state index is 0.271. The van der Waals surface area contributed by atoms with E-state index in [-0.39, 0.29) is 5.41 Å². The predicted octanol–water partition coefficient (Wildman–Crippen LogP) is 6.63. The fraction of sp³-hybridized carbons (Fsp3) is 0.682. The molecular formula is C22H33N. The summed E-state index contributed by atoms with van der Waals surface area (Å²) in [7, 11) is 0. The van der Waals surface area contributed by atoms with Gasteiger partial charge in [0.25, 0.3) is 0 Å². The van der Waals surface area contributed by atoms with Crippen molar-refractivity contribution in [2.75, 3.05) is 0 Å². The van der Waals surface area contributed by atoms with Crippen molar-refractivity contribution in [2.24, 2.45) is 11.8 Å². The van der Waals surface area contributed by atoms with Gasteiger partial charge in [0.15, 0.2) is 0 Å². The number of nitriles is 1. The van der Waals surface area contributed by atoms with Crippen LogP contribution in [0.15, 0.2) is 30.3 Å². The van der Waals surface area contributed by atoms with Gasteiger partial charge in [-0.1, -0.05) is 82.7 Å². The molecule has 2 rings (SSSR count). The molecule has 0 aliphatic heterocycles. The highest BCUT2D eigenvalue weighted by Crippen LogP contribution is 2.48. The number of rotatable bonds is 8. The SMILES string of the molecule is CCCCC(CCC)C(C#N)(c1ccccc1)C1CCCCC1. The molecule has 0 saturated heterocycles. The largest absolute Gasteiger partial charge is 0.197 e. The zero-order valence-electron chi connectivity index (χ0n) is 15.1. The first kappa shape index (κ1) is 18.1. The van der Waals surface area contributed by atoms with Crippen LogP contribution in [0.3, 0.4) is 0 Å². The van der Waals surface area contributed by atoms with Gasteiger partial charge in [0.2, 0.25) is 0 Å². The molecule has 1 saturated carbocycles. The molecule has 0 N–H and O–H groups in total. The normalized spacial score (nSPS) is 19.7. The second kappa shape index (κ2) is 9.11. The summed E-state index contributed by atoms with van der Waals surface area (Å²) >= 11 is 0. The molecule has 2 unspecified atom stereocenters. The Labute approximate surface area is 143 Å². The topological polar surface area (TPSA) is 23.8 Å². The van der Waals surface area contributed by atoms with Gasteiger partial charge >= 0.3 is 0 Å². The number of hydrogen-bond donors (Lipinski definition) is 0. The molecule has 23 heavy (non-hydrogen) atoms. The Morgan fingerprint density at radius 3 is 2.30 bits per heavy atom. The van der Waals surface area contributed by atoms with Crippen molar-refractivity contribution < 1.29 is 0 Å². The molecular weight excluding hydrogens is 278 g/mol. The van der Waals surface area contributed by atoms with E-state index in [4.69, 9.17) is 0 Å². The maximum Gasteiger partial charge on any atom is 0.0878 e. The van der Waals surface area contributed by atoms with Gasteiger partial charge in [0.05, 0.1) is 11.5 Å². The van der Waals surface area contributed by atoms with E-state index in [2.05, 4.69) is 50.2 Å². The van der Waals surface area contributed by atoms with Crippen molar-refractivity contribution in [3.05, 3.63) is 35.9 Å². The van der Waals surface area contributed by atoms with E-state index >= 15 is 0 Å². The van der Waals surface area contributed by atoms with Crippen LogP contribution >= 0.6 is 0 Å². The zero-order valence-corrected chi connectivity index (χ0v) is 15.1. The fourth-order valence-corrected chi connectivity index (χ4v) is 4.72. The summed E-state index contributed by atoms with van der Waals surface area (Å²) in [6.45, 7) is 4.53. The van der Waals surface area contributed by atoms with Crippen LogP contribution in [0, 0.1) is 23.2 Å². The Morgan fingerprint density at radius 2 is 1.74 bits per heavy atom. The van der Waals surface area contributed by atoms with E-state index in [0.29, 0.717) is 11.8 Å². The van der Waals surface area contributed by atoms with Gasteiger partial charge in [-0.15, -0.1) is 0 Å². The van der Waals surface area contributed by atoms with Gasteiger partial charge in [-0.25, -0.2) is 0 Å². The Hall–Kier alpha value is -1.29. The monoisotopic (exact) mass is 311 g/mol. The lowest BCUT2D eigenvalue weighted by Gasteiger charge is -2.44. The summed E-state index contributed by atoms with van der Waals surface area (Å²) in [5, 5.41) is 10.4. The third-order valence-electron chi connectivity index (χ3n) is 5.87. The van der Waals surface area contributed by atoms with Crippen molar-refractivity contribution in [2.45, 2.75) is 83.5 Å². The molecule has 1 aromatic carbocycles. The average Bonchev–Trinajstić information content (AvgIpc) is 2.62. The summed E-state index contributed by atoms with van der Waals surface area (Å²) in [4.78, 5) is 0. The molecule has 0 aromatic heterocycles. The highest BCUT2D eigenvalue weighted by atomic mass is 14.5. The maximum absolute atomic E-state index is 10.4. The molecule has 1 aliphatic carbocycles. The lowest BCUT2D eigenvalue weighted by molar-refractivity contribution is 0.161. The summed E-state index contributed by atoms with van der Waals surface area (Å²) in [5.41, 5.74) is 1.01. The van der Waals surface area contributed by atoms with E-state index in [1.54, 1.807) is 0 Å². The molecule has 2 atom stereocenters. The molecule has 1 nitrogen and oxygen atoms in total. The van der Waals surface area contributed by atoms with Gasteiger partial charge in [0.1, 0.15) is 0 Å². The minimum atomic E-state index is -0.271. The molecule has 0 amide bonds. The first-order chi connectivity index (χ1) is 11.3. The number of nitrogens with zero attached hydrogens (tertiary/aromatic N) is 1. The van der Waals surface area contributed by atoms with E-state index < -0.39 is 0 Å². The van der Waals surface area contributed by atoms with Crippen LogP contribution in [-0.4, -0.2) is 0 Å². The van der Waals surface area contributed by atoms with Crippen LogP contribution in [0.4, 0.5) is 0 Å². The Morgan fingerprint density at radius 1 is 1.04 bits per heavy atom. The third-order valence-corrected chi connectivity index (χ3v) is 5.87. The van der Waals surface area contributed by atoms with E-state index in [1.807, 2.05) is 0 Å². The van der Waals surface area contributed by atoms with Crippen LogP contribution in [0.5, 0.6) is 0 Å². The van der Waals surface area contributed by atoms with Crippen molar-refractivity contribution in [3.8, 4) is 6.07 Å². The van der Waals surface area contributed by atoms with Gasteiger partial charge in [-0.05, 0) is 43.1 Å². The van der Waals surface area contributed by atoms with Crippen LogP contribution in [0.25, 0.3) is 0 Å². The highest BCUT2D eigenvalue weighted by Gasteiger charge is 2.46. The van der Waals surface area contributed by atoms with Crippen LogP contribution < -0.4 is 0 Å². The first-order valence-electron chi connectivity index (χ1n) is 9.76. The number of benzene rings is 1. The van der Waals surface area contributed by atoms with Crippen molar-refractivity contribution in [1.82, 2.24) is 0 Å². The number of hydrogen-bond acceptors (Lipinski definition) is 1. The minimum Gasteiger partial charge on any atom is -0.197 e. The summed E-state index contributed by atoms with van der Waals surface area (Å²) in [6, 6.07) is 13.6. The predicted molar refractivity (Wildman–Crippen MR) is 98.2 cm³/mol. The molecule has 1 heteroatoms. The Kier molecular flexibility index (Phi) is 7.15. The quantitative estimate of drug-likeness (QED) is 0.528. The standard InChI is InChI=1S/C22H33N/c1-3-5-13-19(12-4-2)22(18-23,20-14-8-6-9-15-20)21-16-10-7-11-17-21/h6,8-9,14-15,19,21H,3-5,7,10-13,16-17H2,1-2H3. The van der Waals surface area contributed by atoms with Crippen LogP contribution in [-0.2, 0) is 5.41 Å². The summed E-state index contributed by atoms with van der Waals surface area (Å²) < 4.78 is 0. The van der Waals surface area contributed by atoms with Crippen molar-refractivity contribution >= 4 is 0 Å². The van der Waals surface area contributed by atoms with Crippen molar-refractivity contribution in [1.29, 1.82) is 5.26 Å². The van der Waals surface area contributed by atoms with E-state index in [0.717, 1.165) is 0 Å². The highest BCUT2D eigenvalue weighted by molar-refractivity contribution is 5.35. The Bertz CT molecular complexity index is 480. The smallest absolute Gasteiger partial charge is 0.0878 e. The first-order valence-corrected chi connectivity index (χ1v) is 9.76. The second-order valence-electron chi connectivity index (χ2n) is 7.31. The molecule has 0 radical (unpaired) electrons. The fourth-order valence-electron chi connectivity index (χ4n) is 4.72. The summed E-state index contributed by atoms with van der Waals surface area (Å²) in [5.74, 6) is 1.04. The third kappa shape index (κ3) is 3.97. The second-order valence-corrected chi connectivity index (χ2v) is 7.31. The van der Waals surface area contributed by atoms with Gasteiger partial charge in [-0.2, -0.15) is 5.26 Å². The van der Waals surface area contributed by atoms with Gasteiger partial charge in [0, 0.05) is 0 Å². The zero-order chi connectivity index (χ0) is 16.5. The van der Waals surface area contributed by atoms with E-state index in [9.17, 15) is 5.26 Å². The van der Waals surface area contributed by atoms with Crippen molar-refractivity contribution in [3.63, 3.8) is 0 Å². The molecule has 0 heterocycles. The maximum atomic E-state index is 10.4. The molecule has 1 fully saturated rings. The average molecular weight is 312 g/mol. The van der Waals surface area contributed by atoms with Crippen LogP contribution in [0.1, 0.15) is 83.6 Å². The molecule has 126 valence electrons. The molecule has 1 aromatic rings. The summed E-state index contributed by atoms with van der Waals surface area (Å²) in [6.07, 6.45) is 12.4. The van der Waals surface area contributed by atoms with Gasteiger partial charge < -0.3 is 0 Å². The lowest BCUT2D eigenvalue weighted by atomic mass is 9.57. The molecule has 0 spiro atoms.